The second-order valence-electron chi connectivity index (χ2n) is 12.0. The van der Waals surface area contributed by atoms with E-state index in [-0.39, 0.29) is 17.4 Å². The fourth-order valence-electron chi connectivity index (χ4n) is 6.00. The predicted molar refractivity (Wildman–Crippen MR) is 149 cm³/mol. The van der Waals surface area contributed by atoms with Crippen molar-refractivity contribution < 1.29 is 4.79 Å². The van der Waals surface area contributed by atoms with Gasteiger partial charge >= 0.3 is 0 Å². The normalized spacial score (nSPS) is 18.6. The lowest BCUT2D eigenvalue weighted by atomic mass is 9.82. The minimum atomic E-state index is -0.0994. The SMILES string of the molecule is C#C[C@@H](c1sc2c(c1C)C(=O)N(Cc1c(C)cc(C)[nH]c1=O)CCC2)C1CCN(CC(C)(C)C)CC1. The number of amides is 1. The highest BCUT2D eigenvalue weighted by molar-refractivity contribution is 7.12. The van der Waals surface area contributed by atoms with Crippen molar-refractivity contribution in [2.45, 2.75) is 79.7 Å². The standard InChI is InChI=1S/C30H41N3O2S/c1-8-23(22-11-14-32(15-12-22)18-30(5,6)7)27-21(4)26-25(36-27)10-9-13-33(29(26)35)17-24-19(2)16-20(3)31-28(24)34/h1,16,22-23H,9-15,17-18H2,2-7H3,(H,31,34)/t23-/m1/s1. The van der Waals surface area contributed by atoms with Crippen LogP contribution in [-0.4, -0.2) is 46.9 Å². The van der Waals surface area contributed by atoms with Gasteiger partial charge in [-0.15, -0.1) is 17.8 Å². The number of hydrogen-bond donors (Lipinski definition) is 1. The number of fused-ring (bicyclic) bond motifs is 1. The number of aromatic amines is 1. The summed E-state index contributed by atoms with van der Waals surface area (Å²) < 4.78 is 0. The topological polar surface area (TPSA) is 56.4 Å². The Hall–Kier alpha value is -2.36. The molecule has 6 heteroatoms. The lowest BCUT2D eigenvalue weighted by Crippen LogP contribution is -2.40. The fraction of sp³-hybridized carbons (Fsp3) is 0.600. The highest BCUT2D eigenvalue weighted by Gasteiger charge is 2.34. The zero-order valence-electron chi connectivity index (χ0n) is 22.8. The van der Waals surface area contributed by atoms with Gasteiger partial charge < -0.3 is 14.8 Å². The Bertz CT molecular complexity index is 1220. The van der Waals surface area contributed by atoms with E-state index in [9.17, 15) is 9.59 Å². The molecule has 4 rings (SSSR count). The zero-order chi connectivity index (χ0) is 26.2. The molecule has 2 aromatic rings. The third-order valence-electron chi connectivity index (χ3n) is 7.70. The van der Waals surface area contributed by atoms with Gasteiger partial charge in [0.15, 0.2) is 0 Å². The Morgan fingerprint density at radius 2 is 1.86 bits per heavy atom. The van der Waals surface area contributed by atoms with Gasteiger partial charge in [0, 0.05) is 34.1 Å². The van der Waals surface area contributed by atoms with Gasteiger partial charge in [0.1, 0.15) is 0 Å². The summed E-state index contributed by atoms with van der Waals surface area (Å²) >= 11 is 1.76. The van der Waals surface area contributed by atoms with E-state index in [2.05, 4.69) is 43.5 Å². The molecule has 0 saturated carbocycles. The number of pyridine rings is 1. The van der Waals surface area contributed by atoms with Crippen LogP contribution in [0.3, 0.4) is 0 Å². The lowest BCUT2D eigenvalue weighted by molar-refractivity contribution is 0.0747. The van der Waals surface area contributed by atoms with Gasteiger partial charge in [-0.25, -0.2) is 0 Å². The number of thiophene rings is 1. The van der Waals surface area contributed by atoms with Crippen LogP contribution in [0.1, 0.15) is 88.4 Å². The van der Waals surface area contributed by atoms with E-state index in [1.54, 1.807) is 11.3 Å². The van der Waals surface area contributed by atoms with Gasteiger partial charge in [-0.2, -0.15) is 0 Å². The van der Waals surface area contributed by atoms with E-state index in [0.717, 1.165) is 72.6 Å². The molecule has 0 radical (unpaired) electrons. The number of nitrogens with zero attached hydrogens (tertiary/aromatic N) is 2. The molecule has 0 spiro atoms. The Morgan fingerprint density at radius 3 is 2.47 bits per heavy atom. The molecule has 2 aliphatic heterocycles. The zero-order valence-corrected chi connectivity index (χ0v) is 23.6. The Morgan fingerprint density at radius 1 is 1.17 bits per heavy atom. The second kappa shape index (κ2) is 10.6. The van der Waals surface area contributed by atoms with Crippen molar-refractivity contribution in [1.82, 2.24) is 14.8 Å². The van der Waals surface area contributed by atoms with Crippen molar-refractivity contribution in [1.29, 1.82) is 0 Å². The number of likely N-dealkylation sites (tertiary alicyclic amines) is 1. The van der Waals surface area contributed by atoms with Gasteiger partial charge in [0.05, 0.1) is 18.0 Å². The van der Waals surface area contributed by atoms with E-state index >= 15 is 0 Å². The average molecular weight is 508 g/mol. The first kappa shape index (κ1) is 26.7. The van der Waals surface area contributed by atoms with Crippen LogP contribution >= 0.6 is 11.3 Å². The molecule has 1 N–H and O–H groups in total. The molecule has 0 unspecified atom stereocenters. The first-order valence-corrected chi connectivity index (χ1v) is 14.1. The van der Waals surface area contributed by atoms with Crippen molar-refractivity contribution in [3.63, 3.8) is 0 Å². The number of aromatic nitrogens is 1. The summed E-state index contributed by atoms with van der Waals surface area (Å²) in [6.45, 7) is 17.1. The first-order valence-electron chi connectivity index (χ1n) is 13.3. The smallest absolute Gasteiger partial charge is 0.255 e. The summed E-state index contributed by atoms with van der Waals surface area (Å²) in [5.41, 5.74) is 4.54. The van der Waals surface area contributed by atoms with Crippen LogP contribution in [-0.2, 0) is 13.0 Å². The number of terminal acetylenes is 1. The van der Waals surface area contributed by atoms with Gasteiger partial charge in [-0.05, 0) is 88.1 Å². The van der Waals surface area contributed by atoms with Crippen LogP contribution in [0.15, 0.2) is 10.9 Å². The second-order valence-corrected chi connectivity index (χ2v) is 13.1. The average Bonchev–Trinajstić information content (AvgIpc) is 3.01. The third kappa shape index (κ3) is 5.63. The molecule has 1 amide bonds. The first-order chi connectivity index (χ1) is 17.0. The van der Waals surface area contributed by atoms with Gasteiger partial charge in [-0.3, -0.25) is 9.59 Å². The highest BCUT2D eigenvalue weighted by Crippen LogP contribution is 2.42. The molecular weight excluding hydrogens is 466 g/mol. The van der Waals surface area contributed by atoms with E-state index in [1.165, 1.54) is 4.88 Å². The van der Waals surface area contributed by atoms with E-state index in [1.807, 2.05) is 24.8 Å². The molecule has 4 heterocycles. The Labute approximate surface area is 220 Å². The minimum absolute atomic E-state index is 0.0395. The molecule has 5 nitrogen and oxygen atoms in total. The highest BCUT2D eigenvalue weighted by atomic mass is 32.1. The third-order valence-corrected chi connectivity index (χ3v) is 9.13. The number of aryl methyl sites for hydroxylation is 3. The molecule has 0 bridgehead atoms. The summed E-state index contributed by atoms with van der Waals surface area (Å²) in [5, 5.41) is 0. The van der Waals surface area contributed by atoms with Crippen LogP contribution in [0.5, 0.6) is 0 Å². The summed E-state index contributed by atoms with van der Waals surface area (Å²) in [7, 11) is 0. The van der Waals surface area contributed by atoms with Crippen molar-refractivity contribution in [3.8, 4) is 12.3 Å². The molecule has 1 atom stereocenters. The number of rotatable bonds is 5. The molecule has 0 aromatic carbocycles. The number of carbonyl (C=O) groups is 1. The van der Waals surface area contributed by atoms with E-state index in [4.69, 9.17) is 6.42 Å². The largest absolute Gasteiger partial charge is 0.334 e. The minimum Gasteiger partial charge on any atom is -0.334 e. The quantitative estimate of drug-likeness (QED) is 0.550. The van der Waals surface area contributed by atoms with Gasteiger partial charge in [0.25, 0.3) is 11.5 Å². The molecule has 1 saturated heterocycles. The molecule has 0 aliphatic carbocycles. The van der Waals surface area contributed by atoms with Gasteiger partial charge in [-0.1, -0.05) is 26.7 Å². The van der Waals surface area contributed by atoms with Crippen molar-refractivity contribution >= 4 is 17.2 Å². The summed E-state index contributed by atoms with van der Waals surface area (Å²) in [4.78, 5) is 36.1. The molecule has 1 fully saturated rings. The van der Waals surface area contributed by atoms with Crippen LogP contribution in [0.25, 0.3) is 0 Å². The molecule has 194 valence electrons. The van der Waals surface area contributed by atoms with Crippen LogP contribution in [0.2, 0.25) is 0 Å². The Kier molecular flexibility index (Phi) is 7.83. The van der Waals surface area contributed by atoms with Gasteiger partial charge in [0.2, 0.25) is 0 Å². The van der Waals surface area contributed by atoms with Crippen molar-refractivity contribution in [2.75, 3.05) is 26.2 Å². The summed E-state index contributed by atoms with van der Waals surface area (Å²) in [5.74, 6) is 3.67. The summed E-state index contributed by atoms with van der Waals surface area (Å²) in [6.07, 6.45) is 10.1. The van der Waals surface area contributed by atoms with Crippen LogP contribution in [0.4, 0.5) is 0 Å². The lowest BCUT2D eigenvalue weighted by Gasteiger charge is -2.37. The van der Waals surface area contributed by atoms with E-state index < -0.39 is 0 Å². The number of carbonyl (C=O) groups excluding carboxylic acids is 1. The maximum Gasteiger partial charge on any atom is 0.255 e. The van der Waals surface area contributed by atoms with Crippen molar-refractivity contribution in [2.24, 2.45) is 11.3 Å². The van der Waals surface area contributed by atoms with Crippen LogP contribution < -0.4 is 5.56 Å². The number of H-pyrrole nitrogens is 1. The molecule has 2 aliphatic rings. The number of hydrogen-bond acceptors (Lipinski definition) is 4. The maximum absolute atomic E-state index is 13.8. The molecule has 2 aromatic heterocycles. The predicted octanol–water partition coefficient (Wildman–Crippen LogP) is 5.43. The van der Waals surface area contributed by atoms with Crippen molar-refractivity contribution in [3.05, 3.63) is 54.1 Å². The monoisotopic (exact) mass is 507 g/mol. The maximum atomic E-state index is 13.8. The number of piperidine rings is 1. The fourth-order valence-corrected chi connectivity index (χ4v) is 7.49. The molecular formula is C30H41N3O2S. The summed E-state index contributed by atoms with van der Waals surface area (Å²) in [6, 6.07) is 1.97. The molecule has 36 heavy (non-hydrogen) atoms. The number of nitrogens with one attached hydrogen (secondary N) is 1. The van der Waals surface area contributed by atoms with Crippen LogP contribution in [0, 0.1) is 44.4 Å². The van der Waals surface area contributed by atoms with E-state index in [0.29, 0.717) is 30.0 Å². The Balaban J connectivity index is 1.56.